The van der Waals surface area contributed by atoms with Crippen LogP contribution in [0, 0.1) is 11.8 Å². The molecule has 2 heteroatoms. The summed E-state index contributed by atoms with van der Waals surface area (Å²) in [5.41, 5.74) is 0. The molecule has 1 saturated heterocycles. The minimum absolute atomic E-state index is 0.0669. The van der Waals surface area contributed by atoms with Gasteiger partial charge < -0.3 is 4.74 Å². The summed E-state index contributed by atoms with van der Waals surface area (Å²) in [6, 6.07) is 0. The van der Waals surface area contributed by atoms with E-state index in [4.69, 9.17) is 4.74 Å². The quantitative estimate of drug-likeness (QED) is 0.391. The summed E-state index contributed by atoms with van der Waals surface area (Å²) in [5.74, 6) is 6.13. The maximum atomic E-state index is 10.8. The molecule has 0 N–H and O–H groups in total. The molecule has 0 aromatic carbocycles. The van der Waals surface area contributed by atoms with Crippen LogP contribution in [-0.4, -0.2) is 12.1 Å². The number of esters is 1. The average molecular weight is 194 g/mol. The Morgan fingerprint density at radius 3 is 2.93 bits per heavy atom. The molecular weight excluding hydrogens is 176 g/mol. The Kier molecular flexibility index (Phi) is 5.14. The zero-order chi connectivity index (χ0) is 10.2. The smallest absolute Gasteiger partial charge is 0.306 e. The standard InChI is InChI=1S/C12H18O2/c1-2-3-4-5-6-7-8-11-9-10-12(13)14-11/h11H,2-5,8-10H2,1H3. The molecule has 0 bridgehead atoms. The number of ether oxygens (including phenoxy) is 1. The van der Waals surface area contributed by atoms with Gasteiger partial charge in [-0.05, 0) is 12.8 Å². The zero-order valence-electron chi connectivity index (χ0n) is 8.84. The highest BCUT2D eigenvalue weighted by atomic mass is 16.5. The molecule has 14 heavy (non-hydrogen) atoms. The van der Waals surface area contributed by atoms with Crippen LogP contribution in [0.2, 0.25) is 0 Å². The molecule has 0 aliphatic carbocycles. The van der Waals surface area contributed by atoms with Crippen molar-refractivity contribution in [1.29, 1.82) is 0 Å². The van der Waals surface area contributed by atoms with Gasteiger partial charge >= 0.3 is 5.97 Å². The van der Waals surface area contributed by atoms with E-state index in [1.165, 1.54) is 19.3 Å². The monoisotopic (exact) mass is 194 g/mol. The molecule has 1 atom stereocenters. The molecule has 0 saturated carbocycles. The topological polar surface area (TPSA) is 26.3 Å². The maximum absolute atomic E-state index is 10.8. The number of carbonyl (C=O) groups excluding carboxylic acids is 1. The lowest BCUT2D eigenvalue weighted by Gasteiger charge is -2.02. The van der Waals surface area contributed by atoms with E-state index in [1.807, 2.05) is 0 Å². The Morgan fingerprint density at radius 1 is 1.43 bits per heavy atom. The lowest BCUT2D eigenvalue weighted by atomic mass is 10.1. The third-order valence-electron chi connectivity index (χ3n) is 2.33. The summed E-state index contributed by atoms with van der Waals surface area (Å²) < 4.78 is 5.05. The predicted molar refractivity (Wildman–Crippen MR) is 55.6 cm³/mol. The minimum Gasteiger partial charge on any atom is -0.461 e. The second kappa shape index (κ2) is 6.48. The molecule has 0 amide bonds. The molecule has 0 aromatic rings. The van der Waals surface area contributed by atoms with Gasteiger partial charge in [0.15, 0.2) is 0 Å². The number of unbranched alkanes of at least 4 members (excludes halogenated alkanes) is 3. The first-order chi connectivity index (χ1) is 6.83. The van der Waals surface area contributed by atoms with E-state index in [0.717, 1.165) is 19.3 Å². The van der Waals surface area contributed by atoms with Crippen LogP contribution in [0.15, 0.2) is 0 Å². The van der Waals surface area contributed by atoms with E-state index in [1.54, 1.807) is 0 Å². The normalized spacial score (nSPS) is 20.1. The third-order valence-corrected chi connectivity index (χ3v) is 2.33. The van der Waals surface area contributed by atoms with Crippen molar-refractivity contribution in [3.63, 3.8) is 0 Å². The van der Waals surface area contributed by atoms with Gasteiger partial charge in [-0.25, -0.2) is 0 Å². The van der Waals surface area contributed by atoms with Crippen molar-refractivity contribution in [2.24, 2.45) is 0 Å². The highest BCUT2D eigenvalue weighted by Crippen LogP contribution is 2.15. The van der Waals surface area contributed by atoms with Crippen molar-refractivity contribution in [2.75, 3.05) is 0 Å². The van der Waals surface area contributed by atoms with Crippen LogP contribution in [0.25, 0.3) is 0 Å². The van der Waals surface area contributed by atoms with Crippen LogP contribution >= 0.6 is 0 Å². The van der Waals surface area contributed by atoms with Gasteiger partial charge in [0.1, 0.15) is 6.10 Å². The number of cyclic esters (lactones) is 1. The first kappa shape index (κ1) is 11.1. The second-order valence-corrected chi connectivity index (χ2v) is 3.67. The van der Waals surface area contributed by atoms with Crippen molar-refractivity contribution in [2.45, 2.75) is 58.0 Å². The Labute approximate surface area is 86.0 Å². The first-order valence-electron chi connectivity index (χ1n) is 5.48. The van der Waals surface area contributed by atoms with Crippen LogP contribution in [0.3, 0.4) is 0 Å². The Morgan fingerprint density at radius 2 is 2.29 bits per heavy atom. The zero-order valence-corrected chi connectivity index (χ0v) is 8.84. The summed E-state index contributed by atoms with van der Waals surface area (Å²) in [4.78, 5) is 10.8. The Bertz CT molecular complexity index is 234. The van der Waals surface area contributed by atoms with E-state index in [9.17, 15) is 4.79 Å². The number of carbonyl (C=O) groups is 1. The van der Waals surface area contributed by atoms with Gasteiger partial charge in [0, 0.05) is 19.3 Å². The molecule has 1 aliphatic heterocycles. The van der Waals surface area contributed by atoms with Gasteiger partial charge in [0.2, 0.25) is 0 Å². The highest BCUT2D eigenvalue weighted by Gasteiger charge is 2.21. The lowest BCUT2D eigenvalue weighted by molar-refractivity contribution is -0.141. The van der Waals surface area contributed by atoms with Crippen molar-refractivity contribution in [3.05, 3.63) is 0 Å². The molecule has 1 heterocycles. The number of hydrogen-bond donors (Lipinski definition) is 0. The minimum atomic E-state index is -0.0669. The van der Waals surface area contributed by atoms with E-state index in [2.05, 4.69) is 18.8 Å². The van der Waals surface area contributed by atoms with E-state index < -0.39 is 0 Å². The number of rotatable bonds is 4. The van der Waals surface area contributed by atoms with Crippen LogP contribution in [-0.2, 0) is 9.53 Å². The van der Waals surface area contributed by atoms with Gasteiger partial charge in [-0.2, -0.15) is 0 Å². The summed E-state index contributed by atoms with van der Waals surface area (Å²) in [7, 11) is 0. The van der Waals surface area contributed by atoms with Crippen LogP contribution in [0.5, 0.6) is 0 Å². The molecule has 0 radical (unpaired) electrons. The fraction of sp³-hybridized carbons (Fsp3) is 0.750. The summed E-state index contributed by atoms with van der Waals surface area (Å²) in [6.07, 6.45) is 6.88. The van der Waals surface area contributed by atoms with Crippen LogP contribution in [0.4, 0.5) is 0 Å². The second-order valence-electron chi connectivity index (χ2n) is 3.67. The number of hydrogen-bond acceptors (Lipinski definition) is 2. The van der Waals surface area contributed by atoms with Gasteiger partial charge in [-0.15, -0.1) is 5.92 Å². The largest absolute Gasteiger partial charge is 0.461 e. The van der Waals surface area contributed by atoms with Crippen molar-refractivity contribution in [1.82, 2.24) is 0 Å². The molecule has 0 spiro atoms. The summed E-state index contributed by atoms with van der Waals surface area (Å²) in [6.45, 7) is 2.19. The fourth-order valence-corrected chi connectivity index (χ4v) is 1.46. The molecule has 1 unspecified atom stereocenters. The maximum Gasteiger partial charge on any atom is 0.306 e. The van der Waals surface area contributed by atoms with Crippen LogP contribution in [0.1, 0.15) is 51.9 Å². The third kappa shape index (κ3) is 4.32. The Hall–Kier alpha value is -0.970. The average Bonchev–Trinajstić information content (AvgIpc) is 2.58. The lowest BCUT2D eigenvalue weighted by Crippen LogP contribution is -2.04. The van der Waals surface area contributed by atoms with E-state index in [-0.39, 0.29) is 12.1 Å². The Balaban J connectivity index is 2.04. The van der Waals surface area contributed by atoms with Crippen molar-refractivity contribution >= 4 is 5.97 Å². The van der Waals surface area contributed by atoms with E-state index >= 15 is 0 Å². The molecule has 78 valence electrons. The van der Waals surface area contributed by atoms with Gasteiger partial charge in [0.05, 0.1) is 0 Å². The van der Waals surface area contributed by atoms with Crippen molar-refractivity contribution < 1.29 is 9.53 Å². The fourth-order valence-electron chi connectivity index (χ4n) is 1.46. The molecule has 1 aliphatic rings. The molecule has 0 aromatic heterocycles. The molecule has 2 nitrogen and oxygen atoms in total. The molecule has 1 fully saturated rings. The highest BCUT2D eigenvalue weighted by molar-refractivity contribution is 5.71. The van der Waals surface area contributed by atoms with Crippen molar-refractivity contribution in [3.8, 4) is 11.8 Å². The van der Waals surface area contributed by atoms with E-state index in [0.29, 0.717) is 6.42 Å². The molecule has 1 rings (SSSR count). The van der Waals surface area contributed by atoms with Gasteiger partial charge in [-0.1, -0.05) is 25.7 Å². The summed E-state index contributed by atoms with van der Waals surface area (Å²) >= 11 is 0. The predicted octanol–water partition coefficient (Wildman–Crippen LogP) is 2.67. The molecular formula is C12H18O2. The van der Waals surface area contributed by atoms with Gasteiger partial charge in [-0.3, -0.25) is 4.79 Å². The summed E-state index contributed by atoms with van der Waals surface area (Å²) in [5, 5.41) is 0. The van der Waals surface area contributed by atoms with Gasteiger partial charge in [0.25, 0.3) is 0 Å². The van der Waals surface area contributed by atoms with Crippen LogP contribution < -0.4 is 0 Å². The first-order valence-corrected chi connectivity index (χ1v) is 5.48. The SMILES string of the molecule is CCCCCC#CCC1CCC(=O)O1.